The van der Waals surface area contributed by atoms with Gasteiger partial charge in [0.1, 0.15) is 16.8 Å². The maximum absolute atomic E-state index is 9.28. The average molecular weight is 256 g/mol. The van der Waals surface area contributed by atoms with Crippen molar-refractivity contribution >= 4 is 22.6 Å². The van der Waals surface area contributed by atoms with Gasteiger partial charge >= 0.3 is 0 Å². The zero-order chi connectivity index (χ0) is 12.4. The molecule has 0 aliphatic heterocycles. The number of aliphatic imine (C=N–C) groups is 1. The number of rotatable bonds is 2. The Morgan fingerprint density at radius 2 is 2.28 bits per heavy atom. The van der Waals surface area contributed by atoms with Crippen molar-refractivity contribution in [2.75, 3.05) is 0 Å². The summed E-state index contributed by atoms with van der Waals surface area (Å²) in [5.41, 5.74) is 1.98. The molecular formula is C14H12N2OS. The van der Waals surface area contributed by atoms with Crippen LogP contribution in [-0.4, -0.2) is 6.21 Å². The first-order valence-electron chi connectivity index (χ1n) is 6.00. The number of aryl methyl sites for hydroxylation is 1. The van der Waals surface area contributed by atoms with Gasteiger partial charge in [0.15, 0.2) is 0 Å². The van der Waals surface area contributed by atoms with Crippen LogP contribution in [0.3, 0.4) is 0 Å². The van der Waals surface area contributed by atoms with Crippen LogP contribution >= 0.6 is 11.3 Å². The standard InChI is InChI=1S/C14H12N2OS/c15-8-12-11-5-1-2-6-13(11)18-14(12)16-9-10-4-3-7-17-10/h3-4,7,9H,1-2,5-6H2. The fraction of sp³-hybridized carbons (Fsp3) is 0.286. The number of furan rings is 1. The summed E-state index contributed by atoms with van der Waals surface area (Å²) < 4.78 is 5.20. The van der Waals surface area contributed by atoms with Crippen LogP contribution in [0.2, 0.25) is 0 Å². The predicted molar refractivity (Wildman–Crippen MR) is 71.6 cm³/mol. The summed E-state index contributed by atoms with van der Waals surface area (Å²) in [5, 5.41) is 10.1. The first kappa shape index (κ1) is 11.2. The molecule has 2 aromatic rings. The van der Waals surface area contributed by atoms with E-state index in [4.69, 9.17) is 4.42 Å². The number of nitrogens with zero attached hydrogens (tertiary/aromatic N) is 2. The van der Waals surface area contributed by atoms with Gasteiger partial charge in [-0.3, -0.25) is 0 Å². The fourth-order valence-electron chi connectivity index (χ4n) is 2.24. The van der Waals surface area contributed by atoms with Gasteiger partial charge in [0, 0.05) is 4.88 Å². The Labute approximate surface area is 109 Å². The van der Waals surface area contributed by atoms with Crippen molar-refractivity contribution in [1.29, 1.82) is 5.26 Å². The minimum Gasteiger partial charge on any atom is -0.463 e. The summed E-state index contributed by atoms with van der Waals surface area (Å²) in [6.07, 6.45) is 7.81. The zero-order valence-corrected chi connectivity index (χ0v) is 10.7. The van der Waals surface area contributed by atoms with Crippen LogP contribution in [0, 0.1) is 11.3 Å². The van der Waals surface area contributed by atoms with E-state index in [2.05, 4.69) is 11.1 Å². The molecule has 90 valence electrons. The van der Waals surface area contributed by atoms with Crippen LogP contribution in [0.4, 0.5) is 5.00 Å². The van der Waals surface area contributed by atoms with Gasteiger partial charge in [0.2, 0.25) is 0 Å². The summed E-state index contributed by atoms with van der Waals surface area (Å²) in [7, 11) is 0. The number of hydrogen-bond acceptors (Lipinski definition) is 4. The average Bonchev–Trinajstić information content (AvgIpc) is 3.03. The van der Waals surface area contributed by atoms with Crippen LogP contribution < -0.4 is 0 Å². The van der Waals surface area contributed by atoms with Gasteiger partial charge in [-0.05, 0) is 43.4 Å². The number of nitriles is 1. The minimum absolute atomic E-state index is 0.713. The summed E-state index contributed by atoms with van der Waals surface area (Å²) in [5.74, 6) is 0.713. The molecule has 0 radical (unpaired) electrons. The quantitative estimate of drug-likeness (QED) is 0.766. The second-order valence-corrected chi connectivity index (χ2v) is 5.36. The van der Waals surface area contributed by atoms with E-state index in [0.717, 1.165) is 23.4 Å². The molecule has 3 nitrogen and oxygen atoms in total. The Morgan fingerprint density at radius 3 is 3.06 bits per heavy atom. The highest BCUT2D eigenvalue weighted by molar-refractivity contribution is 7.16. The lowest BCUT2D eigenvalue weighted by molar-refractivity contribution is 0.560. The first-order chi connectivity index (χ1) is 8.88. The first-order valence-corrected chi connectivity index (χ1v) is 6.82. The highest BCUT2D eigenvalue weighted by Crippen LogP contribution is 2.39. The molecule has 2 heterocycles. The van der Waals surface area contributed by atoms with E-state index in [0.29, 0.717) is 5.76 Å². The molecule has 0 aromatic carbocycles. The Morgan fingerprint density at radius 1 is 1.39 bits per heavy atom. The predicted octanol–water partition coefficient (Wildman–Crippen LogP) is 3.84. The van der Waals surface area contributed by atoms with E-state index in [-0.39, 0.29) is 0 Å². The molecular weight excluding hydrogens is 244 g/mol. The third kappa shape index (κ3) is 1.98. The maximum Gasteiger partial charge on any atom is 0.144 e. The summed E-state index contributed by atoms with van der Waals surface area (Å²) >= 11 is 1.65. The van der Waals surface area contributed by atoms with Gasteiger partial charge in [0.25, 0.3) is 0 Å². The van der Waals surface area contributed by atoms with E-state index in [1.54, 1.807) is 23.8 Å². The molecule has 2 aromatic heterocycles. The second-order valence-electron chi connectivity index (χ2n) is 4.28. The van der Waals surface area contributed by atoms with Crippen LogP contribution in [-0.2, 0) is 12.8 Å². The summed E-state index contributed by atoms with van der Waals surface area (Å²) in [4.78, 5) is 5.74. The Hall–Kier alpha value is -1.86. The lowest BCUT2D eigenvalue weighted by Gasteiger charge is -2.09. The highest BCUT2D eigenvalue weighted by atomic mass is 32.1. The Kier molecular flexibility index (Phi) is 2.99. The molecule has 0 spiro atoms. The molecule has 0 unspecified atom stereocenters. The molecule has 4 heteroatoms. The summed E-state index contributed by atoms with van der Waals surface area (Å²) in [6.45, 7) is 0. The second kappa shape index (κ2) is 4.79. The summed E-state index contributed by atoms with van der Waals surface area (Å²) in [6, 6.07) is 5.98. The van der Waals surface area contributed by atoms with Crippen LogP contribution in [0.1, 0.15) is 34.6 Å². The lowest BCUT2D eigenvalue weighted by atomic mass is 9.96. The van der Waals surface area contributed by atoms with Crippen LogP contribution in [0.15, 0.2) is 27.8 Å². The van der Waals surface area contributed by atoms with Crippen molar-refractivity contribution in [1.82, 2.24) is 0 Å². The van der Waals surface area contributed by atoms with E-state index < -0.39 is 0 Å². The van der Waals surface area contributed by atoms with Crippen molar-refractivity contribution in [3.63, 3.8) is 0 Å². The number of thiophene rings is 1. The van der Waals surface area contributed by atoms with Crippen molar-refractivity contribution in [2.45, 2.75) is 25.7 Å². The van der Waals surface area contributed by atoms with Crippen molar-refractivity contribution < 1.29 is 4.42 Å². The smallest absolute Gasteiger partial charge is 0.144 e. The van der Waals surface area contributed by atoms with E-state index in [1.165, 1.54) is 23.3 Å². The molecule has 0 amide bonds. The molecule has 0 fully saturated rings. The molecule has 1 aliphatic carbocycles. The largest absolute Gasteiger partial charge is 0.463 e. The SMILES string of the molecule is N#Cc1c(N=Cc2ccco2)sc2c1CCCC2. The number of fused-ring (bicyclic) bond motifs is 1. The fourth-order valence-corrected chi connectivity index (χ4v) is 3.43. The van der Waals surface area contributed by atoms with Crippen molar-refractivity contribution in [2.24, 2.45) is 4.99 Å². The molecule has 1 aliphatic rings. The third-order valence-corrected chi connectivity index (χ3v) is 4.32. The van der Waals surface area contributed by atoms with E-state index in [9.17, 15) is 5.26 Å². The third-order valence-electron chi connectivity index (χ3n) is 3.12. The Bertz CT molecular complexity index is 617. The number of hydrogen-bond donors (Lipinski definition) is 0. The zero-order valence-electron chi connectivity index (χ0n) is 9.85. The molecule has 3 rings (SSSR count). The molecule has 0 saturated carbocycles. The topological polar surface area (TPSA) is 49.3 Å². The van der Waals surface area contributed by atoms with E-state index >= 15 is 0 Å². The molecule has 0 bridgehead atoms. The normalized spacial score (nSPS) is 14.6. The van der Waals surface area contributed by atoms with Crippen LogP contribution in [0.5, 0.6) is 0 Å². The van der Waals surface area contributed by atoms with Crippen LogP contribution in [0.25, 0.3) is 0 Å². The molecule has 18 heavy (non-hydrogen) atoms. The molecule has 0 saturated heterocycles. The van der Waals surface area contributed by atoms with Gasteiger partial charge in [0.05, 0.1) is 18.0 Å². The highest BCUT2D eigenvalue weighted by Gasteiger charge is 2.20. The van der Waals surface area contributed by atoms with Gasteiger partial charge in [-0.2, -0.15) is 5.26 Å². The monoisotopic (exact) mass is 256 g/mol. The van der Waals surface area contributed by atoms with Crippen molar-refractivity contribution in [3.8, 4) is 6.07 Å². The molecule has 0 atom stereocenters. The van der Waals surface area contributed by atoms with E-state index in [1.807, 2.05) is 12.1 Å². The minimum atomic E-state index is 0.713. The Balaban J connectivity index is 1.97. The maximum atomic E-state index is 9.28. The van der Waals surface area contributed by atoms with Gasteiger partial charge in [-0.25, -0.2) is 4.99 Å². The molecule has 0 N–H and O–H groups in total. The van der Waals surface area contributed by atoms with Crippen molar-refractivity contribution in [3.05, 3.63) is 40.2 Å². The van der Waals surface area contributed by atoms with Gasteiger partial charge in [-0.15, -0.1) is 11.3 Å². The van der Waals surface area contributed by atoms with Gasteiger partial charge in [-0.1, -0.05) is 0 Å². The van der Waals surface area contributed by atoms with Gasteiger partial charge < -0.3 is 4.42 Å². The lowest BCUT2D eigenvalue weighted by Crippen LogP contribution is -1.99.